The summed E-state index contributed by atoms with van der Waals surface area (Å²) < 4.78 is 0.992. The van der Waals surface area contributed by atoms with Gasteiger partial charge in [0, 0.05) is 17.5 Å². The highest BCUT2D eigenvalue weighted by Crippen LogP contribution is 2.44. The fourth-order valence-electron chi connectivity index (χ4n) is 9.32. The lowest BCUT2D eigenvalue weighted by Crippen LogP contribution is -3.00. The van der Waals surface area contributed by atoms with Crippen molar-refractivity contribution >= 4 is 0 Å². The minimum Gasteiger partial charge on any atom is -1.00 e. The quantitative estimate of drug-likeness (QED) is 0.0469. The molecule has 1 nitrogen and oxygen atoms in total. The summed E-state index contributed by atoms with van der Waals surface area (Å²) in [6.07, 6.45) is 48.2. The van der Waals surface area contributed by atoms with Crippen LogP contribution in [0, 0.1) is 0 Å². The van der Waals surface area contributed by atoms with Gasteiger partial charge in [0.25, 0.3) is 0 Å². The summed E-state index contributed by atoms with van der Waals surface area (Å²) in [5.74, 6) is 0. The van der Waals surface area contributed by atoms with Gasteiger partial charge in [-0.15, -0.1) is 0 Å². The van der Waals surface area contributed by atoms with E-state index in [1.165, 1.54) is 224 Å². The summed E-state index contributed by atoms with van der Waals surface area (Å²) in [6, 6.07) is 21.5. The first kappa shape index (κ1) is 52.7. The maximum atomic E-state index is 2.53. The molecular weight excluding hydrogens is 698 g/mol. The van der Waals surface area contributed by atoms with E-state index in [2.05, 4.69) is 96.4 Å². The highest BCUT2D eigenvalue weighted by molar-refractivity contribution is 5.32. The number of hydrogen-bond acceptors (Lipinski definition) is 0. The molecule has 0 radical (unpaired) electrons. The van der Waals surface area contributed by atoms with E-state index in [0.717, 1.165) is 4.48 Å². The highest BCUT2D eigenvalue weighted by Gasteiger charge is 2.45. The standard InChI is InChI=1S/C54H96N.ClH/c1-7-9-11-13-15-17-19-21-23-25-27-29-31-33-35-38-44-50-45-42-43-48-52(50)54(3,4)55(5,6)53(51-46-39-37-40-47-51)49-41-36-34-32-30-28-26-24-22-20-18-16-14-12-10-8-2;/h37,39-40,42-43,45-48,53H,7-36,38,41,44,49H2,1-6H3;1H/q+1;/p-1. The summed E-state index contributed by atoms with van der Waals surface area (Å²) in [7, 11) is 5.05. The Bertz CT molecular complexity index is 1120. The van der Waals surface area contributed by atoms with E-state index >= 15 is 0 Å². The monoisotopic (exact) mass is 794 g/mol. The molecule has 0 amide bonds. The molecule has 0 heterocycles. The van der Waals surface area contributed by atoms with E-state index in [-0.39, 0.29) is 17.9 Å². The van der Waals surface area contributed by atoms with Gasteiger partial charge in [0.2, 0.25) is 0 Å². The lowest BCUT2D eigenvalue weighted by Gasteiger charge is -2.51. The average molecular weight is 795 g/mol. The third kappa shape index (κ3) is 22.7. The number of unbranched alkanes of at least 4 members (excludes halogenated alkanes) is 30. The second-order valence-electron chi connectivity index (χ2n) is 18.8. The van der Waals surface area contributed by atoms with Crippen molar-refractivity contribution < 1.29 is 16.9 Å². The Morgan fingerprint density at radius 2 is 0.732 bits per heavy atom. The zero-order valence-electron chi connectivity index (χ0n) is 38.6. The maximum absolute atomic E-state index is 2.53. The molecule has 0 aliphatic heterocycles. The number of hydrogen-bond donors (Lipinski definition) is 0. The van der Waals surface area contributed by atoms with Crippen LogP contribution in [0.15, 0.2) is 54.6 Å². The fraction of sp³-hybridized carbons (Fsp3) is 0.778. The van der Waals surface area contributed by atoms with Gasteiger partial charge in [-0.25, -0.2) is 0 Å². The van der Waals surface area contributed by atoms with Crippen molar-refractivity contribution in [1.29, 1.82) is 0 Å². The van der Waals surface area contributed by atoms with Gasteiger partial charge >= 0.3 is 0 Å². The minimum atomic E-state index is 0. The van der Waals surface area contributed by atoms with Gasteiger partial charge in [-0.3, -0.25) is 0 Å². The van der Waals surface area contributed by atoms with Crippen LogP contribution in [0.1, 0.15) is 262 Å². The zero-order valence-corrected chi connectivity index (χ0v) is 39.4. The maximum Gasteiger partial charge on any atom is 0.119 e. The smallest absolute Gasteiger partial charge is 0.119 e. The van der Waals surface area contributed by atoms with Gasteiger partial charge in [0.15, 0.2) is 0 Å². The Kier molecular flexibility index (Phi) is 32.5. The molecule has 1 unspecified atom stereocenters. The van der Waals surface area contributed by atoms with Crippen molar-refractivity contribution in [3.05, 3.63) is 71.3 Å². The van der Waals surface area contributed by atoms with Crippen LogP contribution in [0.4, 0.5) is 0 Å². The third-order valence-corrected chi connectivity index (χ3v) is 13.7. The van der Waals surface area contributed by atoms with Crippen LogP contribution in [0.5, 0.6) is 0 Å². The van der Waals surface area contributed by atoms with E-state index in [1.54, 1.807) is 11.1 Å². The zero-order chi connectivity index (χ0) is 39.7. The van der Waals surface area contributed by atoms with Crippen molar-refractivity contribution in [2.75, 3.05) is 14.1 Å². The van der Waals surface area contributed by atoms with Crippen LogP contribution in [0.2, 0.25) is 0 Å². The molecule has 0 saturated heterocycles. The SMILES string of the molecule is CCCCCCCCCCCCCCCCCCc1ccccc1C(C)(C)[N+](C)(C)C(CCCCCCCCCCCCCCCCCC)c1ccccc1.[Cl-]. The fourth-order valence-corrected chi connectivity index (χ4v) is 9.32. The third-order valence-electron chi connectivity index (χ3n) is 13.7. The number of aryl methyl sites for hydroxylation is 1. The molecule has 0 spiro atoms. The van der Waals surface area contributed by atoms with Crippen LogP contribution >= 0.6 is 0 Å². The number of benzene rings is 2. The number of quaternary nitrogens is 1. The van der Waals surface area contributed by atoms with Gasteiger partial charge in [-0.1, -0.05) is 261 Å². The predicted octanol–water partition coefficient (Wildman–Crippen LogP) is 15.2. The first-order chi connectivity index (χ1) is 26.9. The average Bonchev–Trinajstić information content (AvgIpc) is 3.19. The van der Waals surface area contributed by atoms with Gasteiger partial charge in [0.1, 0.15) is 11.6 Å². The van der Waals surface area contributed by atoms with Gasteiger partial charge in [-0.2, -0.15) is 0 Å². The normalized spacial score (nSPS) is 12.5. The Balaban J connectivity index is 0.0000157. The summed E-state index contributed by atoms with van der Waals surface area (Å²) in [4.78, 5) is 0. The van der Waals surface area contributed by atoms with Gasteiger partial charge in [0.05, 0.1) is 14.1 Å². The molecule has 324 valence electrons. The first-order valence-corrected chi connectivity index (χ1v) is 24.8. The van der Waals surface area contributed by atoms with Crippen LogP contribution in [-0.4, -0.2) is 18.6 Å². The Morgan fingerprint density at radius 3 is 1.12 bits per heavy atom. The number of nitrogens with zero attached hydrogens (tertiary/aromatic N) is 1. The molecule has 2 heteroatoms. The molecule has 2 aromatic carbocycles. The van der Waals surface area contributed by atoms with Crippen LogP contribution < -0.4 is 12.4 Å². The number of halogens is 1. The van der Waals surface area contributed by atoms with Crippen molar-refractivity contribution in [3.8, 4) is 0 Å². The Hall–Kier alpha value is -1.31. The van der Waals surface area contributed by atoms with Crippen molar-refractivity contribution in [3.63, 3.8) is 0 Å². The van der Waals surface area contributed by atoms with Crippen LogP contribution in [-0.2, 0) is 12.0 Å². The van der Waals surface area contributed by atoms with E-state index in [1.807, 2.05) is 0 Å². The lowest BCUT2D eigenvalue weighted by molar-refractivity contribution is -0.974. The predicted molar refractivity (Wildman–Crippen MR) is 248 cm³/mol. The lowest BCUT2D eigenvalue weighted by atomic mass is 9.82. The Morgan fingerprint density at radius 1 is 0.411 bits per heavy atom. The van der Waals surface area contributed by atoms with Crippen LogP contribution in [0.3, 0.4) is 0 Å². The van der Waals surface area contributed by atoms with Crippen molar-refractivity contribution in [2.45, 2.75) is 258 Å². The number of rotatable bonds is 38. The highest BCUT2D eigenvalue weighted by atomic mass is 35.5. The molecule has 56 heavy (non-hydrogen) atoms. The molecule has 2 rings (SSSR count). The van der Waals surface area contributed by atoms with E-state index in [9.17, 15) is 0 Å². The molecular formula is C54H96ClN. The minimum absolute atomic E-state index is 0. The second kappa shape index (κ2) is 34.5. The van der Waals surface area contributed by atoms with E-state index in [4.69, 9.17) is 0 Å². The summed E-state index contributed by atoms with van der Waals surface area (Å²) in [5.41, 5.74) is 4.67. The molecule has 0 aromatic heterocycles. The topological polar surface area (TPSA) is 0 Å². The molecule has 2 aromatic rings. The van der Waals surface area contributed by atoms with Crippen LogP contribution in [0.25, 0.3) is 0 Å². The van der Waals surface area contributed by atoms with E-state index < -0.39 is 0 Å². The summed E-state index contributed by atoms with van der Waals surface area (Å²) in [6.45, 7) is 9.68. The molecule has 0 saturated carbocycles. The molecule has 0 fully saturated rings. The van der Waals surface area contributed by atoms with Crippen molar-refractivity contribution in [2.24, 2.45) is 0 Å². The van der Waals surface area contributed by atoms with E-state index in [0.29, 0.717) is 6.04 Å². The Labute approximate surface area is 358 Å². The summed E-state index contributed by atoms with van der Waals surface area (Å²) in [5, 5.41) is 0. The molecule has 0 N–H and O–H groups in total. The first-order valence-electron chi connectivity index (χ1n) is 24.8. The van der Waals surface area contributed by atoms with Gasteiger partial charge in [-0.05, 0) is 38.7 Å². The molecule has 1 atom stereocenters. The molecule has 0 bridgehead atoms. The molecule has 0 aliphatic carbocycles. The second-order valence-corrected chi connectivity index (χ2v) is 18.8. The van der Waals surface area contributed by atoms with Gasteiger partial charge < -0.3 is 16.9 Å². The largest absolute Gasteiger partial charge is 1.00 e. The van der Waals surface area contributed by atoms with Crippen molar-refractivity contribution in [1.82, 2.24) is 0 Å². The summed E-state index contributed by atoms with van der Waals surface area (Å²) >= 11 is 0. The molecule has 0 aliphatic rings.